The van der Waals surface area contributed by atoms with Crippen molar-refractivity contribution in [1.29, 1.82) is 0 Å². The van der Waals surface area contributed by atoms with Crippen molar-refractivity contribution in [2.75, 3.05) is 10.6 Å². The van der Waals surface area contributed by atoms with E-state index in [1.165, 1.54) is 6.20 Å². The van der Waals surface area contributed by atoms with E-state index in [9.17, 15) is 9.59 Å². The molecule has 3 N–H and O–H groups in total. The fourth-order valence-electron chi connectivity index (χ4n) is 3.14. The summed E-state index contributed by atoms with van der Waals surface area (Å²) in [5.74, 6) is -0.218. The van der Waals surface area contributed by atoms with E-state index in [4.69, 9.17) is 11.6 Å². The standard InChI is InChI=1S/C24H21ClN6O2/c1-16-6-4-8-18(28-16)13-26-23(32)17-7-5-9-20(12-17)31-15-19(14-27-31)29-24(33)30-22-11-3-2-10-21(22)25/h2-12,14-15H,13H2,1H3,(H,26,32)(H2,29,30,33). The van der Waals surface area contributed by atoms with Crippen molar-refractivity contribution in [2.24, 2.45) is 0 Å². The number of pyridine rings is 1. The van der Waals surface area contributed by atoms with Crippen LogP contribution in [0.5, 0.6) is 0 Å². The van der Waals surface area contributed by atoms with Gasteiger partial charge in [-0.25, -0.2) is 9.48 Å². The van der Waals surface area contributed by atoms with Crippen LogP contribution < -0.4 is 16.0 Å². The molecule has 0 fully saturated rings. The summed E-state index contributed by atoms with van der Waals surface area (Å²) in [6, 6.07) is 19.2. The van der Waals surface area contributed by atoms with E-state index in [0.717, 1.165) is 11.4 Å². The lowest BCUT2D eigenvalue weighted by molar-refractivity contribution is 0.0950. The third-order valence-electron chi connectivity index (χ3n) is 4.71. The minimum atomic E-state index is -0.444. The number of nitrogens with zero attached hydrogens (tertiary/aromatic N) is 3. The van der Waals surface area contributed by atoms with Gasteiger partial charge >= 0.3 is 6.03 Å². The Labute approximate surface area is 195 Å². The predicted molar refractivity (Wildman–Crippen MR) is 128 cm³/mol. The first-order valence-electron chi connectivity index (χ1n) is 10.2. The molecule has 166 valence electrons. The van der Waals surface area contributed by atoms with E-state index in [0.29, 0.717) is 34.2 Å². The van der Waals surface area contributed by atoms with Crippen molar-refractivity contribution in [3.63, 3.8) is 0 Å². The highest BCUT2D eigenvalue weighted by atomic mass is 35.5. The molecule has 2 heterocycles. The number of anilines is 2. The Hall–Kier alpha value is -4.17. The first-order valence-corrected chi connectivity index (χ1v) is 10.5. The van der Waals surface area contributed by atoms with Crippen LogP contribution in [0, 0.1) is 6.92 Å². The minimum Gasteiger partial charge on any atom is -0.346 e. The lowest BCUT2D eigenvalue weighted by Gasteiger charge is -2.08. The number of aromatic nitrogens is 3. The third-order valence-corrected chi connectivity index (χ3v) is 5.04. The molecule has 2 aromatic carbocycles. The fourth-order valence-corrected chi connectivity index (χ4v) is 3.32. The van der Waals surface area contributed by atoms with Gasteiger partial charge in [-0.2, -0.15) is 5.10 Å². The van der Waals surface area contributed by atoms with Gasteiger partial charge in [-0.05, 0) is 49.4 Å². The van der Waals surface area contributed by atoms with Crippen LogP contribution >= 0.6 is 11.6 Å². The highest BCUT2D eigenvalue weighted by Crippen LogP contribution is 2.21. The number of halogens is 1. The van der Waals surface area contributed by atoms with E-state index < -0.39 is 6.03 Å². The first kappa shape index (κ1) is 22.0. The van der Waals surface area contributed by atoms with E-state index >= 15 is 0 Å². The molecule has 0 atom stereocenters. The van der Waals surface area contributed by atoms with Gasteiger partial charge in [-0.3, -0.25) is 9.78 Å². The average Bonchev–Trinajstić information content (AvgIpc) is 3.27. The number of nitrogens with one attached hydrogen (secondary N) is 3. The number of amides is 3. The molecule has 4 rings (SSSR count). The predicted octanol–water partition coefficient (Wildman–Crippen LogP) is 4.80. The maximum atomic E-state index is 12.6. The summed E-state index contributed by atoms with van der Waals surface area (Å²) in [4.78, 5) is 29.2. The molecule has 0 radical (unpaired) electrons. The Morgan fingerprint density at radius 2 is 1.82 bits per heavy atom. The van der Waals surface area contributed by atoms with Gasteiger partial charge in [0.2, 0.25) is 0 Å². The van der Waals surface area contributed by atoms with E-state index in [2.05, 4.69) is 26.0 Å². The Kier molecular flexibility index (Phi) is 6.66. The molecule has 0 spiro atoms. The van der Waals surface area contributed by atoms with Gasteiger partial charge in [0, 0.05) is 11.3 Å². The molecule has 4 aromatic rings. The summed E-state index contributed by atoms with van der Waals surface area (Å²) in [6.07, 6.45) is 3.17. The molecule has 2 aromatic heterocycles. The van der Waals surface area contributed by atoms with Crippen molar-refractivity contribution in [3.8, 4) is 5.69 Å². The minimum absolute atomic E-state index is 0.218. The number of hydrogen-bond acceptors (Lipinski definition) is 4. The average molecular weight is 461 g/mol. The number of benzene rings is 2. The van der Waals surface area contributed by atoms with Gasteiger partial charge < -0.3 is 16.0 Å². The summed E-state index contributed by atoms with van der Waals surface area (Å²) in [6.45, 7) is 2.24. The van der Waals surface area contributed by atoms with E-state index in [1.807, 2.05) is 31.2 Å². The van der Waals surface area contributed by atoms with Crippen LogP contribution in [0.15, 0.2) is 79.1 Å². The maximum absolute atomic E-state index is 12.6. The van der Waals surface area contributed by atoms with Crippen LogP contribution in [0.3, 0.4) is 0 Å². The molecule has 0 aliphatic carbocycles. The SMILES string of the molecule is Cc1cccc(CNC(=O)c2cccc(-n3cc(NC(=O)Nc4ccccc4Cl)cn3)c2)n1. The van der Waals surface area contributed by atoms with Gasteiger partial charge in [-0.1, -0.05) is 35.9 Å². The molecule has 9 heteroatoms. The Morgan fingerprint density at radius 1 is 1.00 bits per heavy atom. The molecule has 33 heavy (non-hydrogen) atoms. The second-order valence-electron chi connectivity index (χ2n) is 7.24. The normalized spacial score (nSPS) is 10.5. The number of rotatable bonds is 6. The first-order chi connectivity index (χ1) is 16.0. The van der Waals surface area contributed by atoms with E-state index in [1.54, 1.807) is 53.3 Å². The molecule has 0 aliphatic rings. The van der Waals surface area contributed by atoms with Gasteiger partial charge in [0.15, 0.2) is 0 Å². The quantitative estimate of drug-likeness (QED) is 0.384. The summed E-state index contributed by atoms with van der Waals surface area (Å²) in [7, 11) is 0. The molecule has 0 saturated carbocycles. The zero-order valence-corrected chi connectivity index (χ0v) is 18.5. The van der Waals surface area contributed by atoms with Crippen LogP contribution in [-0.2, 0) is 6.54 Å². The number of carbonyl (C=O) groups excluding carboxylic acids is 2. The topological polar surface area (TPSA) is 101 Å². The van der Waals surface area contributed by atoms with Gasteiger partial charge in [0.25, 0.3) is 5.91 Å². The smallest absolute Gasteiger partial charge is 0.323 e. The summed E-state index contributed by atoms with van der Waals surface area (Å²) < 4.78 is 1.57. The lowest BCUT2D eigenvalue weighted by atomic mass is 10.2. The van der Waals surface area contributed by atoms with Gasteiger partial charge in [0.05, 0.1) is 46.7 Å². The fraction of sp³-hybridized carbons (Fsp3) is 0.0833. The van der Waals surface area contributed by atoms with Crippen LogP contribution in [0.4, 0.5) is 16.2 Å². The van der Waals surface area contributed by atoms with Crippen LogP contribution in [0.2, 0.25) is 5.02 Å². The maximum Gasteiger partial charge on any atom is 0.323 e. The zero-order chi connectivity index (χ0) is 23.2. The third kappa shape index (κ3) is 5.75. The second-order valence-corrected chi connectivity index (χ2v) is 7.64. The largest absolute Gasteiger partial charge is 0.346 e. The molecule has 8 nitrogen and oxygen atoms in total. The van der Waals surface area contributed by atoms with Gasteiger partial charge in [0.1, 0.15) is 0 Å². The van der Waals surface area contributed by atoms with Crippen molar-refractivity contribution >= 4 is 34.9 Å². The van der Waals surface area contributed by atoms with Crippen molar-refractivity contribution in [3.05, 3.63) is 101 Å². The molecule has 0 bridgehead atoms. The summed E-state index contributed by atoms with van der Waals surface area (Å²) in [5.41, 5.74) is 3.84. The highest BCUT2D eigenvalue weighted by molar-refractivity contribution is 6.33. The van der Waals surface area contributed by atoms with Crippen LogP contribution in [0.25, 0.3) is 5.69 Å². The number of carbonyl (C=O) groups is 2. The molecule has 0 unspecified atom stereocenters. The molecule has 0 saturated heterocycles. The number of hydrogen-bond donors (Lipinski definition) is 3. The molecule has 3 amide bonds. The number of urea groups is 1. The zero-order valence-electron chi connectivity index (χ0n) is 17.7. The second kappa shape index (κ2) is 9.97. The van der Waals surface area contributed by atoms with Gasteiger partial charge in [-0.15, -0.1) is 0 Å². The van der Waals surface area contributed by atoms with E-state index in [-0.39, 0.29) is 5.91 Å². The summed E-state index contributed by atoms with van der Waals surface area (Å²) >= 11 is 6.06. The Bertz CT molecular complexity index is 1300. The summed E-state index contributed by atoms with van der Waals surface area (Å²) in [5, 5.41) is 13.0. The Balaban J connectivity index is 1.40. The van der Waals surface area contributed by atoms with Crippen molar-refractivity contribution in [1.82, 2.24) is 20.1 Å². The monoisotopic (exact) mass is 460 g/mol. The molecule has 0 aliphatic heterocycles. The lowest BCUT2D eigenvalue weighted by Crippen LogP contribution is -2.23. The Morgan fingerprint density at radius 3 is 2.64 bits per heavy atom. The number of para-hydroxylation sites is 1. The number of aryl methyl sites for hydroxylation is 1. The molecular formula is C24H21ClN6O2. The van der Waals surface area contributed by atoms with Crippen molar-refractivity contribution < 1.29 is 9.59 Å². The van der Waals surface area contributed by atoms with Crippen LogP contribution in [0.1, 0.15) is 21.7 Å². The molecular weight excluding hydrogens is 440 g/mol. The van der Waals surface area contributed by atoms with Crippen molar-refractivity contribution in [2.45, 2.75) is 13.5 Å². The highest BCUT2D eigenvalue weighted by Gasteiger charge is 2.10. The van der Waals surface area contributed by atoms with Crippen LogP contribution in [-0.4, -0.2) is 26.7 Å².